The van der Waals surface area contributed by atoms with Gasteiger partial charge in [-0.05, 0) is 48.8 Å². The highest BCUT2D eigenvalue weighted by atomic mass is 16.3. The molecule has 2 aromatic heterocycles. The monoisotopic (exact) mass is 519 g/mol. The van der Waals surface area contributed by atoms with Gasteiger partial charge in [0.25, 0.3) is 0 Å². The van der Waals surface area contributed by atoms with E-state index in [0.717, 1.165) is 34.5 Å². The molecule has 0 unspecified atom stereocenters. The van der Waals surface area contributed by atoms with Crippen molar-refractivity contribution in [2.45, 2.75) is 71.5 Å². The van der Waals surface area contributed by atoms with Gasteiger partial charge in [0.05, 0.1) is 24.0 Å². The van der Waals surface area contributed by atoms with Crippen molar-refractivity contribution in [2.75, 3.05) is 13.2 Å². The van der Waals surface area contributed by atoms with E-state index in [1.165, 1.54) is 0 Å². The van der Waals surface area contributed by atoms with E-state index in [9.17, 15) is 14.7 Å². The van der Waals surface area contributed by atoms with Crippen LogP contribution in [0.2, 0.25) is 0 Å². The number of nitrogens with one attached hydrogen (secondary N) is 1. The predicted octanol–water partition coefficient (Wildman–Crippen LogP) is 3.20. The smallest absolute Gasteiger partial charge is 0.248 e. The number of carbonyl (C=O) groups excluding carboxylic acids is 2. The number of likely N-dealkylation sites (tertiary alicyclic amines) is 1. The number of rotatable bonds is 9. The first-order valence-corrected chi connectivity index (χ1v) is 13.2. The van der Waals surface area contributed by atoms with Crippen molar-refractivity contribution in [2.24, 2.45) is 5.92 Å². The highest BCUT2D eigenvalue weighted by Crippen LogP contribution is 2.28. The van der Waals surface area contributed by atoms with Crippen LogP contribution in [0.5, 0.6) is 0 Å². The molecule has 3 aromatic rings. The van der Waals surface area contributed by atoms with Gasteiger partial charge in [-0.15, -0.1) is 5.10 Å². The standard InChI is InChI=1S/C28H37N7O3/c1-17(2)22-15-35(33-31-22)26(18(3)4)28(38)34-14-6-7-24(34)27(37)30-23(16-36)20-8-10-21(11-9-20)25-19(5)12-13-29-32-25/h8-13,15,17-18,23-24,26,36H,6-7,14,16H2,1-5H3,(H,30,37)/t23-,24-,26-/m0/s1. The number of aryl methyl sites for hydroxylation is 1. The first-order valence-electron chi connectivity index (χ1n) is 13.2. The maximum atomic E-state index is 13.7. The summed E-state index contributed by atoms with van der Waals surface area (Å²) in [6.45, 7) is 10.2. The Morgan fingerprint density at radius 3 is 2.45 bits per heavy atom. The van der Waals surface area contributed by atoms with Crippen LogP contribution in [-0.2, 0) is 9.59 Å². The topological polar surface area (TPSA) is 126 Å². The summed E-state index contributed by atoms with van der Waals surface area (Å²) < 4.78 is 1.63. The van der Waals surface area contributed by atoms with Crippen LogP contribution in [0.25, 0.3) is 11.3 Å². The lowest BCUT2D eigenvalue weighted by Crippen LogP contribution is -2.50. The predicted molar refractivity (Wildman–Crippen MR) is 143 cm³/mol. The van der Waals surface area contributed by atoms with Crippen molar-refractivity contribution in [3.05, 3.63) is 59.5 Å². The van der Waals surface area contributed by atoms with Gasteiger partial charge in [-0.3, -0.25) is 9.59 Å². The molecule has 0 saturated carbocycles. The fourth-order valence-corrected chi connectivity index (χ4v) is 4.92. The molecule has 2 N–H and O–H groups in total. The van der Waals surface area contributed by atoms with E-state index >= 15 is 0 Å². The zero-order chi connectivity index (χ0) is 27.4. The Hall–Kier alpha value is -3.66. The minimum absolute atomic E-state index is 0.0323. The Morgan fingerprint density at radius 2 is 1.84 bits per heavy atom. The molecule has 0 bridgehead atoms. The van der Waals surface area contributed by atoms with Gasteiger partial charge >= 0.3 is 0 Å². The lowest BCUT2D eigenvalue weighted by molar-refractivity contribution is -0.142. The van der Waals surface area contributed by atoms with Crippen LogP contribution in [-0.4, -0.2) is 66.2 Å². The Kier molecular flexibility index (Phi) is 8.51. The SMILES string of the molecule is Cc1ccnnc1-c1ccc([C@H](CO)NC(=O)[C@@H]2CCCN2C(=O)[C@H](C(C)C)n2cc(C(C)C)nn2)cc1. The van der Waals surface area contributed by atoms with E-state index in [2.05, 4.69) is 25.8 Å². The summed E-state index contributed by atoms with van der Waals surface area (Å²) in [5.41, 5.74) is 4.30. The van der Waals surface area contributed by atoms with E-state index < -0.39 is 18.1 Å². The van der Waals surface area contributed by atoms with Gasteiger partial charge in [-0.25, -0.2) is 4.68 Å². The van der Waals surface area contributed by atoms with Gasteiger partial charge in [0, 0.05) is 24.5 Å². The number of carbonyl (C=O) groups is 2. The number of benzene rings is 1. The number of hydrogen-bond acceptors (Lipinski definition) is 7. The van der Waals surface area contributed by atoms with Gasteiger partial charge in [0.15, 0.2) is 0 Å². The maximum absolute atomic E-state index is 13.7. The summed E-state index contributed by atoms with van der Waals surface area (Å²) in [5, 5.41) is 29.7. The van der Waals surface area contributed by atoms with Gasteiger partial charge < -0.3 is 15.3 Å². The average molecular weight is 520 g/mol. The van der Waals surface area contributed by atoms with Crippen LogP contribution in [0.3, 0.4) is 0 Å². The molecule has 0 radical (unpaired) electrons. The van der Waals surface area contributed by atoms with Gasteiger partial charge in [-0.1, -0.05) is 57.2 Å². The van der Waals surface area contributed by atoms with Crippen molar-refractivity contribution in [3.63, 3.8) is 0 Å². The van der Waals surface area contributed by atoms with Crippen molar-refractivity contribution in [1.82, 2.24) is 35.4 Å². The third-order valence-electron chi connectivity index (χ3n) is 7.14. The quantitative estimate of drug-likeness (QED) is 0.445. The fraction of sp³-hybridized carbons (Fsp3) is 0.500. The van der Waals surface area contributed by atoms with Crippen LogP contribution in [0.1, 0.15) is 75.4 Å². The Bertz CT molecular complexity index is 1260. The molecule has 38 heavy (non-hydrogen) atoms. The van der Waals surface area contributed by atoms with E-state index in [4.69, 9.17) is 0 Å². The number of amides is 2. The summed E-state index contributed by atoms with van der Waals surface area (Å²) in [5.74, 6) is -0.240. The van der Waals surface area contributed by atoms with Crippen LogP contribution in [0, 0.1) is 12.8 Å². The van der Waals surface area contributed by atoms with E-state index in [1.54, 1.807) is 15.8 Å². The Balaban J connectivity index is 1.48. The first kappa shape index (κ1) is 27.4. The second kappa shape index (κ2) is 11.8. The summed E-state index contributed by atoms with van der Waals surface area (Å²) in [4.78, 5) is 28.8. The highest BCUT2D eigenvalue weighted by Gasteiger charge is 2.39. The molecule has 10 nitrogen and oxygen atoms in total. The molecule has 0 spiro atoms. The molecule has 1 aliphatic rings. The van der Waals surface area contributed by atoms with E-state index in [-0.39, 0.29) is 30.3 Å². The molecular formula is C28H37N7O3. The molecule has 10 heteroatoms. The second-order valence-corrected chi connectivity index (χ2v) is 10.6. The number of nitrogens with zero attached hydrogens (tertiary/aromatic N) is 6. The molecular weight excluding hydrogens is 482 g/mol. The van der Waals surface area contributed by atoms with Crippen LogP contribution in [0.15, 0.2) is 42.7 Å². The van der Waals surface area contributed by atoms with E-state index in [0.29, 0.717) is 13.0 Å². The number of aromatic nitrogens is 5. The Labute approximate surface area is 223 Å². The van der Waals surface area contributed by atoms with Crippen LogP contribution >= 0.6 is 0 Å². The van der Waals surface area contributed by atoms with Gasteiger partial charge in [0.2, 0.25) is 11.8 Å². The average Bonchev–Trinajstić information content (AvgIpc) is 3.58. The van der Waals surface area contributed by atoms with Crippen molar-refractivity contribution >= 4 is 11.8 Å². The minimum atomic E-state index is -0.604. The lowest BCUT2D eigenvalue weighted by atomic mass is 10.0. The molecule has 1 fully saturated rings. The lowest BCUT2D eigenvalue weighted by Gasteiger charge is -2.30. The van der Waals surface area contributed by atoms with Gasteiger partial charge in [-0.2, -0.15) is 10.2 Å². The molecule has 0 aliphatic carbocycles. The minimum Gasteiger partial charge on any atom is -0.394 e. The third kappa shape index (κ3) is 5.75. The number of aliphatic hydroxyl groups is 1. The molecule has 1 aromatic carbocycles. The first-order chi connectivity index (χ1) is 18.2. The van der Waals surface area contributed by atoms with Crippen molar-refractivity contribution in [3.8, 4) is 11.3 Å². The summed E-state index contributed by atoms with van der Waals surface area (Å²) in [6, 6.07) is 7.70. The normalized spacial score (nSPS) is 17.2. The maximum Gasteiger partial charge on any atom is 0.248 e. The molecule has 1 saturated heterocycles. The molecule has 1 aliphatic heterocycles. The van der Waals surface area contributed by atoms with Crippen LogP contribution in [0.4, 0.5) is 0 Å². The zero-order valence-corrected chi connectivity index (χ0v) is 22.7. The molecule has 2 amide bonds. The molecule has 202 valence electrons. The Morgan fingerprint density at radius 1 is 1.11 bits per heavy atom. The van der Waals surface area contributed by atoms with Gasteiger partial charge in [0.1, 0.15) is 12.1 Å². The largest absolute Gasteiger partial charge is 0.394 e. The van der Waals surface area contributed by atoms with Crippen LogP contribution < -0.4 is 5.32 Å². The van der Waals surface area contributed by atoms with E-state index in [1.807, 2.05) is 71.1 Å². The number of hydrogen-bond donors (Lipinski definition) is 2. The van der Waals surface area contributed by atoms with Crippen molar-refractivity contribution in [1.29, 1.82) is 0 Å². The summed E-state index contributed by atoms with van der Waals surface area (Å²) in [7, 11) is 0. The number of aliphatic hydroxyl groups excluding tert-OH is 1. The highest BCUT2D eigenvalue weighted by molar-refractivity contribution is 5.90. The molecule has 3 heterocycles. The zero-order valence-electron chi connectivity index (χ0n) is 22.7. The molecule has 4 rings (SSSR count). The fourth-order valence-electron chi connectivity index (χ4n) is 4.92. The summed E-state index contributed by atoms with van der Waals surface area (Å²) in [6.07, 6.45) is 4.78. The molecule has 3 atom stereocenters. The second-order valence-electron chi connectivity index (χ2n) is 10.6. The third-order valence-corrected chi connectivity index (χ3v) is 7.14. The van der Waals surface area contributed by atoms with Crippen molar-refractivity contribution < 1.29 is 14.7 Å². The summed E-state index contributed by atoms with van der Waals surface area (Å²) >= 11 is 0.